The minimum Gasteiger partial charge on any atom is -0.455 e. The van der Waals surface area contributed by atoms with Gasteiger partial charge in [-0.15, -0.1) is 0 Å². The van der Waals surface area contributed by atoms with Crippen LogP contribution in [0.2, 0.25) is 0 Å². The number of hydrogen-bond acceptors (Lipinski definition) is 4. The van der Waals surface area contributed by atoms with E-state index >= 15 is 0 Å². The fraction of sp³-hybridized carbons (Fsp3) is 0.524. The maximum Gasteiger partial charge on any atom is 0.310 e. The molecule has 1 aromatic rings. The van der Waals surface area contributed by atoms with E-state index in [1.807, 2.05) is 24.3 Å². The summed E-state index contributed by atoms with van der Waals surface area (Å²) in [6.45, 7) is 7.12. The fourth-order valence-electron chi connectivity index (χ4n) is 4.07. The van der Waals surface area contributed by atoms with Crippen LogP contribution in [0.1, 0.15) is 33.6 Å². The highest BCUT2D eigenvalue weighted by molar-refractivity contribution is 5.93. The van der Waals surface area contributed by atoms with Crippen LogP contribution in [0.15, 0.2) is 36.4 Å². The van der Waals surface area contributed by atoms with Crippen molar-refractivity contribution in [3.05, 3.63) is 36.4 Å². The van der Waals surface area contributed by atoms with Gasteiger partial charge in [-0.3, -0.25) is 9.59 Å². The Morgan fingerprint density at radius 2 is 1.92 bits per heavy atom. The summed E-state index contributed by atoms with van der Waals surface area (Å²) in [7, 11) is 0. The smallest absolute Gasteiger partial charge is 0.310 e. The van der Waals surface area contributed by atoms with Crippen LogP contribution in [0, 0.1) is 17.8 Å². The van der Waals surface area contributed by atoms with Gasteiger partial charge in [-0.1, -0.05) is 12.2 Å². The third-order valence-corrected chi connectivity index (χ3v) is 5.37. The summed E-state index contributed by atoms with van der Waals surface area (Å²) in [4.78, 5) is 26.5. The number of allylic oxidation sites excluding steroid dienone is 2. The van der Waals surface area contributed by atoms with Crippen LogP contribution in [-0.2, 0) is 14.3 Å². The van der Waals surface area contributed by atoms with Gasteiger partial charge < -0.3 is 15.0 Å². The molecule has 0 saturated heterocycles. The average Bonchev–Trinajstić information content (AvgIpc) is 3.25. The first kappa shape index (κ1) is 18.5. The zero-order valence-electron chi connectivity index (χ0n) is 15.8. The maximum atomic E-state index is 12.2. The van der Waals surface area contributed by atoms with E-state index in [0.717, 1.165) is 25.1 Å². The molecule has 0 radical (unpaired) electrons. The van der Waals surface area contributed by atoms with E-state index in [1.54, 1.807) is 0 Å². The Balaban J connectivity index is 1.47. The van der Waals surface area contributed by atoms with Gasteiger partial charge in [-0.2, -0.15) is 0 Å². The first-order chi connectivity index (χ1) is 12.5. The molecule has 1 aromatic carbocycles. The van der Waals surface area contributed by atoms with E-state index in [4.69, 9.17) is 4.74 Å². The highest BCUT2D eigenvalue weighted by Crippen LogP contribution is 2.43. The van der Waals surface area contributed by atoms with Crippen molar-refractivity contribution in [2.75, 3.05) is 23.4 Å². The fourth-order valence-corrected chi connectivity index (χ4v) is 4.07. The van der Waals surface area contributed by atoms with Gasteiger partial charge in [0.2, 0.25) is 0 Å². The Morgan fingerprint density at radius 3 is 2.46 bits per heavy atom. The van der Waals surface area contributed by atoms with Gasteiger partial charge in [0.05, 0.1) is 5.92 Å². The average molecular weight is 356 g/mol. The van der Waals surface area contributed by atoms with Crippen LogP contribution in [0.4, 0.5) is 11.4 Å². The highest BCUT2D eigenvalue weighted by atomic mass is 16.5. The predicted molar refractivity (Wildman–Crippen MR) is 103 cm³/mol. The number of hydrogen-bond donors (Lipinski definition) is 1. The third-order valence-electron chi connectivity index (χ3n) is 5.37. The number of benzene rings is 1. The van der Waals surface area contributed by atoms with E-state index in [1.165, 1.54) is 0 Å². The van der Waals surface area contributed by atoms with Gasteiger partial charge in [0.25, 0.3) is 5.91 Å². The Kier molecular flexibility index (Phi) is 5.64. The van der Waals surface area contributed by atoms with Crippen molar-refractivity contribution in [3.8, 4) is 0 Å². The molecule has 2 bridgehead atoms. The van der Waals surface area contributed by atoms with Gasteiger partial charge in [-0.05, 0) is 69.7 Å². The topological polar surface area (TPSA) is 58.6 Å². The monoisotopic (exact) mass is 356 g/mol. The van der Waals surface area contributed by atoms with Crippen molar-refractivity contribution in [3.63, 3.8) is 0 Å². The molecule has 0 spiro atoms. The van der Waals surface area contributed by atoms with Crippen molar-refractivity contribution in [2.24, 2.45) is 17.8 Å². The summed E-state index contributed by atoms with van der Waals surface area (Å²) >= 11 is 0. The summed E-state index contributed by atoms with van der Waals surface area (Å²) in [5, 5.41) is 2.79. The highest BCUT2D eigenvalue weighted by Gasteiger charge is 2.40. The molecule has 2 aliphatic carbocycles. The van der Waals surface area contributed by atoms with E-state index in [-0.39, 0.29) is 24.4 Å². The lowest BCUT2D eigenvalue weighted by molar-refractivity contribution is -0.152. The molecular weight excluding hydrogens is 328 g/mol. The number of nitrogens with zero attached hydrogens (tertiary/aromatic N) is 1. The Bertz CT molecular complexity index is 681. The summed E-state index contributed by atoms with van der Waals surface area (Å²) in [6, 6.07) is 8.15. The normalized spacial score (nSPS) is 23.3. The van der Waals surface area contributed by atoms with Crippen molar-refractivity contribution >= 4 is 23.3 Å². The zero-order chi connectivity index (χ0) is 18.7. The first-order valence-corrected chi connectivity index (χ1v) is 9.49. The Hall–Kier alpha value is -2.30. The van der Waals surface area contributed by atoms with Crippen molar-refractivity contribution in [1.82, 2.24) is 0 Å². The zero-order valence-corrected chi connectivity index (χ0v) is 15.8. The molecule has 0 aromatic heterocycles. The van der Waals surface area contributed by atoms with Crippen LogP contribution >= 0.6 is 0 Å². The summed E-state index contributed by atoms with van der Waals surface area (Å²) in [5.74, 6) is 0.181. The number of rotatable bonds is 7. The molecule has 3 atom stereocenters. The van der Waals surface area contributed by atoms with Gasteiger partial charge in [0, 0.05) is 24.0 Å². The van der Waals surface area contributed by atoms with E-state index in [0.29, 0.717) is 23.6 Å². The van der Waals surface area contributed by atoms with Crippen molar-refractivity contribution < 1.29 is 14.3 Å². The molecule has 1 saturated carbocycles. The predicted octanol–water partition coefficient (Wildman–Crippen LogP) is 3.62. The van der Waals surface area contributed by atoms with Gasteiger partial charge in [0.1, 0.15) is 0 Å². The van der Waals surface area contributed by atoms with Crippen molar-refractivity contribution in [2.45, 2.75) is 39.7 Å². The van der Waals surface area contributed by atoms with Crippen LogP contribution in [0.3, 0.4) is 0 Å². The lowest BCUT2D eigenvalue weighted by atomic mass is 9.94. The maximum absolute atomic E-state index is 12.2. The molecule has 0 aliphatic heterocycles. The second-order valence-electron chi connectivity index (χ2n) is 7.47. The van der Waals surface area contributed by atoms with Gasteiger partial charge >= 0.3 is 5.97 Å². The summed E-state index contributed by atoms with van der Waals surface area (Å²) < 4.78 is 5.23. The van der Waals surface area contributed by atoms with E-state index in [2.05, 4.69) is 43.1 Å². The molecule has 2 aliphatic rings. The molecule has 5 heteroatoms. The number of nitrogens with one attached hydrogen (secondary N) is 1. The number of anilines is 2. The molecular formula is C21H28N2O3. The molecule has 3 unspecified atom stereocenters. The molecule has 140 valence electrons. The molecule has 1 amide bonds. The standard InChI is InChI=1S/C21H28N2O3/c1-4-23(14(2)3)18-9-7-17(8-10-18)22-20(24)13-26-21(25)19-12-15-5-6-16(19)11-15/h5-10,14-16,19H,4,11-13H2,1-3H3,(H,22,24). The molecule has 1 fully saturated rings. The van der Waals surface area contributed by atoms with Crippen LogP contribution < -0.4 is 10.2 Å². The quantitative estimate of drug-likeness (QED) is 0.599. The Labute approximate surface area is 155 Å². The van der Waals surface area contributed by atoms with E-state index < -0.39 is 0 Å². The minimum atomic E-state index is -0.305. The summed E-state index contributed by atoms with van der Waals surface area (Å²) in [6.07, 6.45) is 6.19. The van der Waals surface area contributed by atoms with E-state index in [9.17, 15) is 9.59 Å². The number of amides is 1. The minimum absolute atomic E-state index is 0.0758. The van der Waals surface area contributed by atoms with Crippen molar-refractivity contribution in [1.29, 1.82) is 0 Å². The largest absolute Gasteiger partial charge is 0.455 e. The number of esters is 1. The lowest BCUT2D eigenvalue weighted by Gasteiger charge is -2.27. The molecule has 1 N–H and O–H groups in total. The lowest BCUT2D eigenvalue weighted by Crippen LogP contribution is -2.30. The first-order valence-electron chi connectivity index (χ1n) is 9.49. The second kappa shape index (κ2) is 7.94. The molecule has 26 heavy (non-hydrogen) atoms. The molecule has 3 rings (SSSR count). The molecule has 5 nitrogen and oxygen atoms in total. The molecule has 0 heterocycles. The summed E-state index contributed by atoms with van der Waals surface area (Å²) in [5.41, 5.74) is 1.83. The van der Waals surface area contributed by atoms with Gasteiger partial charge in [0.15, 0.2) is 6.61 Å². The number of ether oxygens (including phenoxy) is 1. The van der Waals surface area contributed by atoms with Crippen LogP contribution in [0.25, 0.3) is 0 Å². The number of carbonyl (C=O) groups excluding carboxylic acids is 2. The van der Waals surface area contributed by atoms with Crippen LogP contribution in [-0.4, -0.2) is 31.1 Å². The second-order valence-corrected chi connectivity index (χ2v) is 7.47. The number of carbonyl (C=O) groups is 2. The SMILES string of the molecule is CCN(c1ccc(NC(=O)COC(=O)C2CC3C=CC2C3)cc1)C(C)C. The third kappa shape index (κ3) is 4.09. The Morgan fingerprint density at radius 1 is 1.19 bits per heavy atom. The number of fused-ring (bicyclic) bond motifs is 2. The van der Waals surface area contributed by atoms with Gasteiger partial charge in [-0.25, -0.2) is 0 Å². The van der Waals surface area contributed by atoms with Crippen LogP contribution in [0.5, 0.6) is 0 Å².